The highest BCUT2D eigenvalue weighted by Crippen LogP contribution is 2.27. The molecule has 1 aliphatic rings. The summed E-state index contributed by atoms with van der Waals surface area (Å²) in [5.41, 5.74) is 0.958. The van der Waals surface area contributed by atoms with E-state index < -0.39 is 0 Å². The van der Waals surface area contributed by atoms with Gasteiger partial charge in [-0.05, 0) is 48.0 Å². The van der Waals surface area contributed by atoms with Crippen molar-refractivity contribution < 1.29 is 4.79 Å². The van der Waals surface area contributed by atoms with Crippen LogP contribution in [0.15, 0.2) is 18.2 Å². The molecule has 1 aromatic carbocycles. The van der Waals surface area contributed by atoms with E-state index in [1.165, 1.54) is 24.3 Å². The van der Waals surface area contributed by atoms with E-state index in [2.05, 4.69) is 0 Å². The van der Waals surface area contributed by atoms with Crippen molar-refractivity contribution >= 4 is 40.7 Å². The van der Waals surface area contributed by atoms with Gasteiger partial charge in [-0.2, -0.15) is 11.8 Å². The summed E-state index contributed by atoms with van der Waals surface area (Å²) in [5, 5.41) is 1.06. The minimum atomic E-state index is 0.310. The van der Waals surface area contributed by atoms with Crippen LogP contribution in [0.4, 0.5) is 0 Å². The van der Waals surface area contributed by atoms with Crippen molar-refractivity contribution in [2.24, 2.45) is 5.92 Å². The van der Waals surface area contributed by atoms with E-state index in [4.69, 9.17) is 23.2 Å². The molecule has 1 aromatic rings. The summed E-state index contributed by atoms with van der Waals surface area (Å²) in [5.74, 6) is 3.29. The number of carbonyl (C=O) groups is 1. The van der Waals surface area contributed by atoms with Crippen LogP contribution in [0.2, 0.25) is 10.0 Å². The predicted octanol–water partition coefficient (Wildman–Crippen LogP) is 4.64. The van der Waals surface area contributed by atoms with E-state index in [1.54, 1.807) is 12.1 Å². The number of hydrogen-bond acceptors (Lipinski definition) is 2. The van der Waals surface area contributed by atoms with Crippen LogP contribution in [0.25, 0.3) is 0 Å². The van der Waals surface area contributed by atoms with Crippen LogP contribution in [0.1, 0.15) is 24.8 Å². The second-order valence-corrected chi connectivity index (χ2v) is 6.76. The number of carbonyl (C=O) groups excluding carboxylic acids is 1. The molecular formula is C14H16Cl2OS. The Morgan fingerprint density at radius 3 is 2.61 bits per heavy atom. The van der Waals surface area contributed by atoms with Gasteiger partial charge in [0.05, 0.1) is 10.0 Å². The molecule has 0 aliphatic carbocycles. The number of hydrogen-bond donors (Lipinski definition) is 0. The third-order valence-corrected chi connectivity index (χ3v) is 5.03. The van der Waals surface area contributed by atoms with E-state index in [0.29, 0.717) is 34.6 Å². The standard InChI is InChI=1S/C14H16Cl2OS/c15-13-2-1-11(9-14(13)16)8-12(17)7-10-3-5-18-6-4-10/h1-2,9-10H,3-8H2. The summed E-state index contributed by atoms with van der Waals surface area (Å²) < 4.78 is 0. The SMILES string of the molecule is O=C(Cc1ccc(Cl)c(Cl)c1)CC1CCSCC1. The zero-order valence-corrected chi connectivity index (χ0v) is 12.5. The third-order valence-electron chi connectivity index (χ3n) is 3.24. The molecule has 0 spiro atoms. The minimum Gasteiger partial charge on any atom is -0.299 e. The van der Waals surface area contributed by atoms with Crippen molar-refractivity contribution in [1.29, 1.82) is 0 Å². The van der Waals surface area contributed by atoms with Crippen molar-refractivity contribution in [3.8, 4) is 0 Å². The molecule has 1 aliphatic heterocycles. The Labute approximate surface area is 122 Å². The average Bonchev–Trinajstić information content (AvgIpc) is 2.35. The van der Waals surface area contributed by atoms with Crippen molar-refractivity contribution in [3.63, 3.8) is 0 Å². The number of rotatable bonds is 4. The summed E-state index contributed by atoms with van der Waals surface area (Å²) in [6.45, 7) is 0. The fraction of sp³-hybridized carbons (Fsp3) is 0.500. The Morgan fingerprint density at radius 2 is 1.94 bits per heavy atom. The highest BCUT2D eigenvalue weighted by Gasteiger charge is 2.17. The maximum atomic E-state index is 12.0. The normalized spacial score (nSPS) is 16.8. The molecule has 1 nitrogen and oxygen atoms in total. The largest absolute Gasteiger partial charge is 0.299 e. The average molecular weight is 303 g/mol. The lowest BCUT2D eigenvalue weighted by molar-refractivity contribution is -0.119. The smallest absolute Gasteiger partial charge is 0.137 e. The zero-order valence-electron chi connectivity index (χ0n) is 10.1. The minimum absolute atomic E-state index is 0.310. The Balaban J connectivity index is 1.88. The van der Waals surface area contributed by atoms with Gasteiger partial charge in [0.25, 0.3) is 0 Å². The zero-order chi connectivity index (χ0) is 13.0. The third kappa shape index (κ3) is 4.18. The molecule has 1 fully saturated rings. The lowest BCUT2D eigenvalue weighted by Crippen LogP contribution is -2.15. The van der Waals surface area contributed by atoms with Gasteiger partial charge >= 0.3 is 0 Å². The van der Waals surface area contributed by atoms with Gasteiger partial charge in [0.2, 0.25) is 0 Å². The highest BCUT2D eigenvalue weighted by molar-refractivity contribution is 7.99. The molecular weight excluding hydrogens is 287 g/mol. The summed E-state index contributed by atoms with van der Waals surface area (Å²) in [6.07, 6.45) is 3.54. The molecule has 18 heavy (non-hydrogen) atoms. The van der Waals surface area contributed by atoms with Gasteiger partial charge in [-0.15, -0.1) is 0 Å². The van der Waals surface area contributed by atoms with Crippen LogP contribution in [0.5, 0.6) is 0 Å². The number of Topliss-reactive ketones (excluding diaryl/α,β-unsaturated/α-hetero) is 1. The monoisotopic (exact) mass is 302 g/mol. The van der Waals surface area contributed by atoms with Crippen molar-refractivity contribution in [2.45, 2.75) is 25.7 Å². The van der Waals surface area contributed by atoms with Crippen LogP contribution in [-0.2, 0) is 11.2 Å². The maximum absolute atomic E-state index is 12.0. The summed E-state index contributed by atoms with van der Waals surface area (Å²) in [4.78, 5) is 12.0. The number of halogens is 2. The maximum Gasteiger partial charge on any atom is 0.137 e. The van der Waals surface area contributed by atoms with Gasteiger partial charge in [-0.1, -0.05) is 29.3 Å². The highest BCUT2D eigenvalue weighted by atomic mass is 35.5. The molecule has 0 atom stereocenters. The van der Waals surface area contributed by atoms with Crippen molar-refractivity contribution in [2.75, 3.05) is 11.5 Å². The van der Waals surface area contributed by atoms with E-state index in [1.807, 2.05) is 17.8 Å². The lowest BCUT2D eigenvalue weighted by atomic mass is 9.94. The number of thioether (sulfide) groups is 1. The van der Waals surface area contributed by atoms with Gasteiger partial charge in [0.1, 0.15) is 5.78 Å². The molecule has 2 rings (SSSR count). The Bertz CT molecular complexity index is 428. The van der Waals surface area contributed by atoms with Crippen LogP contribution in [0, 0.1) is 5.92 Å². The summed E-state index contributed by atoms with van der Waals surface area (Å²) in [7, 11) is 0. The molecule has 0 radical (unpaired) electrons. The fourth-order valence-electron chi connectivity index (χ4n) is 2.22. The second-order valence-electron chi connectivity index (χ2n) is 4.72. The molecule has 0 aromatic heterocycles. The van der Waals surface area contributed by atoms with Gasteiger partial charge in [0.15, 0.2) is 0 Å². The van der Waals surface area contributed by atoms with Crippen LogP contribution >= 0.6 is 35.0 Å². The molecule has 0 N–H and O–H groups in total. The molecule has 0 amide bonds. The van der Waals surface area contributed by atoms with Crippen molar-refractivity contribution in [3.05, 3.63) is 33.8 Å². The second kappa shape index (κ2) is 6.83. The van der Waals surface area contributed by atoms with Gasteiger partial charge < -0.3 is 0 Å². The molecule has 98 valence electrons. The molecule has 0 saturated carbocycles. The van der Waals surface area contributed by atoms with Gasteiger partial charge in [-0.3, -0.25) is 4.79 Å². The topological polar surface area (TPSA) is 17.1 Å². The first-order valence-corrected chi connectivity index (χ1v) is 8.09. The first-order chi connectivity index (χ1) is 8.65. The molecule has 0 unspecified atom stereocenters. The Hall–Kier alpha value is -0.180. The molecule has 4 heteroatoms. The molecule has 0 bridgehead atoms. The summed E-state index contributed by atoms with van der Waals surface area (Å²) >= 11 is 13.8. The first-order valence-electron chi connectivity index (χ1n) is 6.18. The molecule has 1 heterocycles. The number of benzene rings is 1. The van der Waals surface area contributed by atoms with Gasteiger partial charge in [-0.25, -0.2) is 0 Å². The van der Waals surface area contributed by atoms with E-state index >= 15 is 0 Å². The predicted molar refractivity (Wildman–Crippen MR) is 79.8 cm³/mol. The van der Waals surface area contributed by atoms with E-state index in [9.17, 15) is 4.79 Å². The van der Waals surface area contributed by atoms with Crippen LogP contribution in [0.3, 0.4) is 0 Å². The molecule has 1 saturated heterocycles. The quantitative estimate of drug-likeness (QED) is 0.806. The van der Waals surface area contributed by atoms with E-state index in [-0.39, 0.29) is 0 Å². The number of ketones is 1. The van der Waals surface area contributed by atoms with E-state index in [0.717, 1.165) is 5.56 Å². The first kappa shape index (κ1) is 14.2. The Morgan fingerprint density at radius 1 is 1.22 bits per heavy atom. The van der Waals surface area contributed by atoms with Crippen LogP contribution < -0.4 is 0 Å². The Kier molecular flexibility index (Phi) is 5.40. The fourth-order valence-corrected chi connectivity index (χ4v) is 3.75. The lowest BCUT2D eigenvalue weighted by Gasteiger charge is -2.20. The van der Waals surface area contributed by atoms with Gasteiger partial charge in [0, 0.05) is 12.8 Å². The van der Waals surface area contributed by atoms with Crippen molar-refractivity contribution in [1.82, 2.24) is 0 Å². The van der Waals surface area contributed by atoms with Crippen LogP contribution in [-0.4, -0.2) is 17.3 Å². The summed E-state index contributed by atoms with van der Waals surface area (Å²) in [6, 6.07) is 5.42.